The van der Waals surface area contributed by atoms with Gasteiger partial charge in [-0.25, -0.2) is 8.42 Å². The van der Waals surface area contributed by atoms with Gasteiger partial charge in [0.15, 0.2) is 9.84 Å². The normalized spacial score (nSPS) is 12.8. The molecule has 1 unspecified atom stereocenters. The topological polar surface area (TPSA) is 89.3 Å². The molecule has 2 aromatic rings. The molecule has 2 aromatic carbocycles. The molecule has 0 aromatic heterocycles. The fourth-order valence-electron chi connectivity index (χ4n) is 2.37. The van der Waals surface area contributed by atoms with Gasteiger partial charge in [0.1, 0.15) is 0 Å². The molecule has 134 valence electrons. The van der Waals surface area contributed by atoms with Gasteiger partial charge in [-0.15, -0.1) is 0 Å². The predicted molar refractivity (Wildman–Crippen MR) is 101 cm³/mol. The zero-order valence-corrected chi connectivity index (χ0v) is 15.3. The molecular weight excluding hydrogens is 336 g/mol. The molecule has 1 atom stereocenters. The van der Waals surface area contributed by atoms with Crippen LogP contribution in [-0.2, 0) is 20.4 Å². The van der Waals surface area contributed by atoms with Gasteiger partial charge in [0.05, 0.1) is 11.0 Å². The molecule has 0 aliphatic heterocycles. The van der Waals surface area contributed by atoms with Gasteiger partial charge in [0, 0.05) is 18.2 Å². The number of carbonyl (C=O) groups is 1. The number of nitrogens with one attached hydrogen (secondary N) is 1. The lowest BCUT2D eigenvalue weighted by molar-refractivity contribution is -0.116. The molecule has 0 radical (unpaired) electrons. The highest BCUT2D eigenvalue weighted by atomic mass is 32.2. The number of hydrogen-bond donors (Lipinski definition) is 2. The first kappa shape index (κ1) is 19.1. The van der Waals surface area contributed by atoms with Crippen LogP contribution >= 0.6 is 0 Å². The highest BCUT2D eigenvalue weighted by Crippen LogP contribution is 2.18. The first-order valence-electron chi connectivity index (χ1n) is 8.19. The third-order valence-electron chi connectivity index (χ3n) is 3.93. The number of nitrogens with two attached hydrogens (primary N) is 1. The van der Waals surface area contributed by atoms with E-state index in [-0.39, 0.29) is 24.1 Å². The molecule has 0 bridgehead atoms. The van der Waals surface area contributed by atoms with Crippen molar-refractivity contribution in [1.82, 2.24) is 0 Å². The zero-order valence-electron chi connectivity index (χ0n) is 14.5. The van der Waals surface area contributed by atoms with Gasteiger partial charge in [0.2, 0.25) is 5.91 Å². The van der Waals surface area contributed by atoms with Gasteiger partial charge in [-0.1, -0.05) is 42.5 Å². The zero-order chi connectivity index (χ0) is 18.4. The summed E-state index contributed by atoms with van der Waals surface area (Å²) >= 11 is 0. The maximum absolute atomic E-state index is 12.2. The molecule has 0 aliphatic carbocycles. The fraction of sp³-hybridized carbons (Fsp3) is 0.316. The summed E-state index contributed by atoms with van der Waals surface area (Å²) < 4.78 is 24.1. The van der Waals surface area contributed by atoms with Crippen LogP contribution in [0.25, 0.3) is 0 Å². The Bertz CT molecular complexity index is 818. The first-order chi connectivity index (χ1) is 11.8. The Kier molecular flexibility index (Phi) is 6.33. The molecule has 1 amide bonds. The highest BCUT2D eigenvalue weighted by molar-refractivity contribution is 7.91. The molecule has 3 N–H and O–H groups in total. The van der Waals surface area contributed by atoms with Gasteiger partial charge in [-0.2, -0.15) is 0 Å². The van der Waals surface area contributed by atoms with E-state index in [1.165, 1.54) is 0 Å². The van der Waals surface area contributed by atoms with E-state index in [0.717, 1.165) is 5.56 Å². The van der Waals surface area contributed by atoms with Gasteiger partial charge in [-0.05, 0) is 37.1 Å². The quantitative estimate of drug-likeness (QED) is 0.794. The van der Waals surface area contributed by atoms with Crippen LogP contribution < -0.4 is 11.1 Å². The van der Waals surface area contributed by atoms with Crippen LogP contribution in [0, 0.1) is 0 Å². The average molecular weight is 360 g/mol. The number of carbonyl (C=O) groups excluding carboxylic acids is 1. The Labute approximate surface area is 149 Å². The number of sulfone groups is 1. The Morgan fingerprint density at radius 2 is 1.76 bits per heavy atom. The summed E-state index contributed by atoms with van der Waals surface area (Å²) in [5, 5.41) is 2.35. The Morgan fingerprint density at radius 3 is 2.40 bits per heavy atom. The van der Waals surface area contributed by atoms with Crippen LogP contribution in [0.15, 0.2) is 54.6 Å². The number of amides is 1. The highest BCUT2D eigenvalue weighted by Gasteiger charge is 2.17. The van der Waals surface area contributed by atoms with Crippen molar-refractivity contribution in [2.75, 3.05) is 5.32 Å². The van der Waals surface area contributed by atoms with Crippen molar-refractivity contribution in [3.63, 3.8) is 0 Å². The molecule has 0 heterocycles. The van der Waals surface area contributed by atoms with E-state index in [2.05, 4.69) is 5.32 Å². The van der Waals surface area contributed by atoms with Crippen molar-refractivity contribution in [3.05, 3.63) is 65.7 Å². The lowest BCUT2D eigenvalue weighted by Crippen LogP contribution is -2.20. The molecule has 6 heteroatoms. The molecule has 5 nitrogen and oxygen atoms in total. The fourth-order valence-corrected chi connectivity index (χ4v) is 3.35. The van der Waals surface area contributed by atoms with Crippen LogP contribution in [0.4, 0.5) is 5.69 Å². The number of benzene rings is 2. The second-order valence-electron chi connectivity index (χ2n) is 6.33. The van der Waals surface area contributed by atoms with Crippen molar-refractivity contribution >= 4 is 21.4 Å². The molecule has 0 saturated heterocycles. The third kappa shape index (κ3) is 5.69. The first-order valence-corrected chi connectivity index (χ1v) is 9.90. The minimum atomic E-state index is -3.18. The summed E-state index contributed by atoms with van der Waals surface area (Å²) in [7, 11) is -3.18. The van der Waals surface area contributed by atoms with Crippen molar-refractivity contribution in [1.29, 1.82) is 0 Å². The summed E-state index contributed by atoms with van der Waals surface area (Å²) in [6.07, 6.45) is 0.151. The third-order valence-corrected chi connectivity index (χ3v) is 6.10. The summed E-state index contributed by atoms with van der Waals surface area (Å²) in [5.74, 6) is -0.252. The van der Waals surface area contributed by atoms with Crippen LogP contribution in [0.5, 0.6) is 0 Å². The van der Waals surface area contributed by atoms with E-state index in [1.54, 1.807) is 38.1 Å². The average Bonchev–Trinajstić information content (AvgIpc) is 2.55. The second-order valence-corrected chi connectivity index (χ2v) is 8.88. The van der Waals surface area contributed by atoms with Crippen LogP contribution in [0.2, 0.25) is 0 Å². The lowest BCUT2D eigenvalue weighted by Gasteiger charge is -2.13. The molecule has 0 aliphatic rings. The Morgan fingerprint density at radius 1 is 1.08 bits per heavy atom. The monoisotopic (exact) mass is 360 g/mol. The molecule has 2 rings (SSSR count). The maximum Gasteiger partial charge on any atom is 0.226 e. The minimum Gasteiger partial charge on any atom is -0.326 e. The molecule has 0 spiro atoms. The maximum atomic E-state index is 12.2. The summed E-state index contributed by atoms with van der Waals surface area (Å²) in [6.45, 7) is 3.32. The van der Waals surface area contributed by atoms with E-state index in [1.807, 2.05) is 30.3 Å². The van der Waals surface area contributed by atoms with Crippen molar-refractivity contribution < 1.29 is 13.2 Å². The van der Waals surface area contributed by atoms with E-state index in [4.69, 9.17) is 5.73 Å². The van der Waals surface area contributed by atoms with E-state index in [9.17, 15) is 13.2 Å². The molecule has 0 fully saturated rings. The van der Waals surface area contributed by atoms with E-state index in [0.29, 0.717) is 11.3 Å². The molecule has 25 heavy (non-hydrogen) atoms. The summed E-state index contributed by atoms with van der Waals surface area (Å²) in [5.41, 5.74) is 8.18. The predicted octanol–water partition coefficient (Wildman–Crippen LogP) is 3.04. The summed E-state index contributed by atoms with van der Waals surface area (Å²) in [4.78, 5) is 12.2. The van der Waals surface area contributed by atoms with Crippen molar-refractivity contribution in [2.24, 2.45) is 5.73 Å². The van der Waals surface area contributed by atoms with Crippen LogP contribution in [0.1, 0.15) is 37.4 Å². The number of rotatable bonds is 7. The smallest absolute Gasteiger partial charge is 0.226 e. The number of hydrogen-bond acceptors (Lipinski definition) is 4. The van der Waals surface area contributed by atoms with Gasteiger partial charge < -0.3 is 11.1 Å². The van der Waals surface area contributed by atoms with E-state index >= 15 is 0 Å². The van der Waals surface area contributed by atoms with Crippen LogP contribution in [-0.4, -0.2) is 19.6 Å². The minimum absolute atomic E-state index is 0.0437. The largest absolute Gasteiger partial charge is 0.326 e. The summed E-state index contributed by atoms with van der Waals surface area (Å²) in [6, 6.07) is 15.9. The van der Waals surface area contributed by atoms with Gasteiger partial charge in [-0.3, -0.25) is 4.79 Å². The number of anilines is 1. The van der Waals surface area contributed by atoms with E-state index < -0.39 is 15.1 Å². The van der Waals surface area contributed by atoms with Crippen LogP contribution in [0.3, 0.4) is 0 Å². The standard InChI is InChI=1S/C19H24N2O3S/c1-14(2)25(23,24)13-15-7-6-10-17(11-15)21-19(22)12-18(20)16-8-4-3-5-9-16/h3-11,14,18H,12-13,20H2,1-2H3,(H,21,22). The SMILES string of the molecule is CC(C)S(=O)(=O)Cc1cccc(NC(=O)CC(N)c2ccccc2)c1. The van der Waals surface area contributed by atoms with Gasteiger partial charge in [0.25, 0.3) is 0 Å². The Hall–Kier alpha value is -2.18. The Balaban J connectivity index is 2.01. The second kappa shape index (κ2) is 8.27. The van der Waals surface area contributed by atoms with Gasteiger partial charge >= 0.3 is 0 Å². The molecular formula is C19H24N2O3S. The van der Waals surface area contributed by atoms with Crippen molar-refractivity contribution in [3.8, 4) is 0 Å². The molecule has 0 saturated carbocycles. The lowest BCUT2D eigenvalue weighted by atomic mass is 10.0. The van der Waals surface area contributed by atoms with Crippen molar-refractivity contribution in [2.45, 2.75) is 37.3 Å².